The fourth-order valence-electron chi connectivity index (χ4n) is 5.10. The standard InChI is InChI=1S/C22H23FN6O/c1-13-9-14(2)27-21(26-13)11-15-10-17-4-6-19(15)28(17)22(30)18-5-3-16(23)12-20(18)29-24-7-8-25-29/h3,5,7-9,12,15,17,19H,4,6,10-11H2,1-2H3. The van der Waals surface area contributed by atoms with Gasteiger partial charge in [-0.05, 0) is 57.2 Å². The molecule has 2 aliphatic rings. The van der Waals surface area contributed by atoms with Gasteiger partial charge in [0.2, 0.25) is 0 Å². The normalized spacial score (nSPS) is 22.6. The van der Waals surface area contributed by atoms with Gasteiger partial charge in [0.05, 0.1) is 18.0 Å². The van der Waals surface area contributed by atoms with Crippen molar-refractivity contribution in [2.75, 3.05) is 0 Å². The lowest BCUT2D eigenvalue weighted by molar-refractivity contribution is 0.0718. The van der Waals surface area contributed by atoms with E-state index in [-0.39, 0.29) is 18.0 Å². The minimum absolute atomic E-state index is 0.0846. The summed E-state index contributed by atoms with van der Waals surface area (Å²) in [4.78, 5) is 26.0. The van der Waals surface area contributed by atoms with Crippen molar-refractivity contribution in [1.29, 1.82) is 0 Å². The number of hydrogen-bond donors (Lipinski definition) is 0. The van der Waals surface area contributed by atoms with E-state index in [0.717, 1.165) is 42.9 Å². The summed E-state index contributed by atoms with van der Waals surface area (Å²) in [5.41, 5.74) is 2.73. The number of benzene rings is 1. The molecule has 0 spiro atoms. The van der Waals surface area contributed by atoms with E-state index in [1.807, 2.05) is 24.8 Å². The van der Waals surface area contributed by atoms with Crippen molar-refractivity contribution in [2.45, 2.75) is 51.6 Å². The van der Waals surface area contributed by atoms with Gasteiger partial charge < -0.3 is 4.90 Å². The summed E-state index contributed by atoms with van der Waals surface area (Å²) in [5.74, 6) is 0.674. The molecule has 1 amide bonds. The summed E-state index contributed by atoms with van der Waals surface area (Å²) < 4.78 is 13.9. The Labute approximate surface area is 174 Å². The molecule has 0 radical (unpaired) electrons. The van der Waals surface area contributed by atoms with Gasteiger partial charge in [0.15, 0.2) is 0 Å². The van der Waals surface area contributed by atoms with Crippen LogP contribution in [0.15, 0.2) is 36.7 Å². The average molecular weight is 406 g/mol. The van der Waals surface area contributed by atoms with Crippen LogP contribution in [-0.4, -0.2) is 47.9 Å². The summed E-state index contributed by atoms with van der Waals surface area (Å²) in [6, 6.07) is 6.48. The van der Waals surface area contributed by atoms with Crippen LogP contribution in [0.4, 0.5) is 4.39 Å². The summed E-state index contributed by atoms with van der Waals surface area (Å²) in [5, 5.41) is 8.18. The van der Waals surface area contributed by atoms with Crippen molar-refractivity contribution in [3.8, 4) is 5.69 Å². The molecule has 2 fully saturated rings. The lowest BCUT2D eigenvalue weighted by Crippen LogP contribution is -2.37. The van der Waals surface area contributed by atoms with Crippen molar-refractivity contribution in [3.63, 3.8) is 0 Å². The van der Waals surface area contributed by atoms with Crippen molar-refractivity contribution in [1.82, 2.24) is 29.9 Å². The van der Waals surface area contributed by atoms with Gasteiger partial charge in [0, 0.05) is 36.0 Å². The lowest BCUT2D eigenvalue weighted by Gasteiger charge is -2.25. The number of hydrogen-bond acceptors (Lipinski definition) is 5. The lowest BCUT2D eigenvalue weighted by atomic mass is 9.86. The fraction of sp³-hybridized carbons (Fsp3) is 0.409. The second kappa shape index (κ2) is 7.27. The van der Waals surface area contributed by atoms with E-state index < -0.39 is 5.82 Å². The first-order valence-corrected chi connectivity index (χ1v) is 10.3. The third-order valence-electron chi connectivity index (χ3n) is 6.20. The number of aromatic nitrogens is 5. The number of carbonyl (C=O) groups excluding carboxylic acids is 1. The van der Waals surface area contributed by atoms with Crippen molar-refractivity contribution < 1.29 is 9.18 Å². The fourth-order valence-corrected chi connectivity index (χ4v) is 5.10. The van der Waals surface area contributed by atoms with Crippen LogP contribution in [0.25, 0.3) is 5.69 Å². The van der Waals surface area contributed by atoms with Crippen LogP contribution in [0.5, 0.6) is 0 Å². The first-order chi connectivity index (χ1) is 14.5. The molecular formula is C22H23FN6O. The first kappa shape index (κ1) is 18.8. The molecule has 8 heteroatoms. The van der Waals surface area contributed by atoms with Gasteiger partial charge in [-0.25, -0.2) is 14.4 Å². The Kier molecular flexibility index (Phi) is 4.56. The predicted molar refractivity (Wildman–Crippen MR) is 108 cm³/mol. The number of halogens is 1. The van der Waals surface area contributed by atoms with Crippen molar-refractivity contribution in [2.24, 2.45) is 5.92 Å². The maximum Gasteiger partial charge on any atom is 0.256 e. The van der Waals surface area contributed by atoms with Crippen LogP contribution in [0.2, 0.25) is 0 Å². The number of amides is 1. The SMILES string of the molecule is Cc1cc(C)nc(CC2CC3CCC2N3C(=O)c2ccc(F)cc2-n2nccn2)n1. The molecule has 3 atom stereocenters. The Bertz CT molecular complexity index is 1080. The second-order valence-electron chi connectivity index (χ2n) is 8.26. The zero-order valence-corrected chi connectivity index (χ0v) is 17.0. The van der Waals surface area contributed by atoms with E-state index in [9.17, 15) is 9.18 Å². The minimum atomic E-state index is -0.423. The van der Waals surface area contributed by atoms with Crippen LogP contribution in [-0.2, 0) is 6.42 Å². The molecule has 0 aliphatic carbocycles. The Morgan fingerprint density at radius 2 is 1.83 bits per heavy atom. The summed E-state index contributed by atoms with van der Waals surface area (Å²) in [7, 11) is 0. The summed E-state index contributed by atoms with van der Waals surface area (Å²) >= 11 is 0. The molecule has 3 unspecified atom stereocenters. The average Bonchev–Trinajstić information content (AvgIpc) is 3.43. The first-order valence-electron chi connectivity index (χ1n) is 10.3. The molecule has 5 rings (SSSR count). The molecule has 0 N–H and O–H groups in total. The Balaban J connectivity index is 1.43. The van der Waals surface area contributed by atoms with Crippen LogP contribution in [0, 0.1) is 25.6 Å². The molecule has 30 heavy (non-hydrogen) atoms. The zero-order chi connectivity index (χ0) is 20.8. The number of rotatable bonds is 4. The van der Waals surface area contributed by atoms with Crippen molar-refractivity contribution >= 4 is 5.91 Å². The van der Waals surface area contributed by atoms with E-state index in [1.54, 1.807) is 0 Å². The highest BCUT2D eigenvalue weighted by molar-refractivity contribution is 5.98. The van der Waals surface area contributed by atoms with Gasteiger partial charge in [-0.15, -0.1) is 0 Å². The summed E-state index contributed by atoms with van der Waals surface area (Å²) in [6.45, 7) is 3.96. The molecule has 7 nitrogen and oxygen atoms in total. The quantitative estimate of drug-likeness (QED) is 0.666. The van der Waals surface area contributed by atoms with Gasteiger partial charge in [0.1, 0.15) is 17.3 Å². The molecule has 3 aromatic rings. The molecule has 2 bridgehead atoms. The van der Waals surface area contributed by atoms with Gasteiger partial charge in [-0.3, -0.25) is 4.79 Å². The van der Waals surface area contributed by atoms with Crippen molar-refractivity contribution in [3.05, 3.63) is 65.3 Å². The van der Waals surface area contributed by atoms with Crippen LogP contribution in [0.1, 0.15) is 46.8 Å². The molecule has 2 aliphatic heterocycles. The molecule has 0 saturated carbocycles. The topological polar surface area (TPSA) is 76.8 Å². The van der Waals surface area contributed by atoms with Crippen LogP contribution < -0.4 is 0 Å². The second-order valence-corrected chi connectivity index (χ2v) is 8.26. The van der Waals surface area contributed by atoms with Gasteiger partial charge in [-0.2, -0.15) is 15.0 Å². The largest absolute Gasteiger partial charge is 0.332 e. The zero-order valence-electron chi connectivity index (χ0n) is 17.0. The maximum atomic E-state index is 13.9. The van der Waals surface area contributed by atoms with Gasteiger partial charge >= 0.3 is 0 Å². The summed E-state index contributed by atoms with van der Waals surface area (Å²) in [6.07, 6.45) is 6.71. The Morgan fingerprint density at radius 1 is 1.10 bits per heavy atom. The highest BCUT2D eigenvalue weighted by Gasteiger charge is 2.49. The van der Waals surface area contributed by atoms with E-state index >= 15 is 0 Å². The van der Waals surface area contributed by atoms with E-state index in [4.69, 9.17) is 0 Å². The van der Waals surface area contributed by atoms with E-state index in [2.05, 4.69) is 20.2 Å². The molecular weight excluding hydrogens is 383 g/mol. The van der Waals surface area contributed by atoms with Gasteiger partial charge in [-0.1, -0.05) is 0 Å². The third kappa shape index (κ3) is 3.26. The monoisotopic (exact) mass is 406 g/mol. The molecule has 1 aromatic carbocycles. The number of fused-ring (bicyclic) bond motifs is 2. The van der Waals surface area contributed by atoms with Crippen LogP contribution in [0.3, 0.4) is 0 Å². The van der Waals surface area contributed by atoms with Gasteiger partial charge in [0.25, 0.3) is 5.91 Å². The maximum absolute atomic E-state index is 13.9. The Morgan fingerprint density at radius 3 is 2.57 bits per heavy atom. The molecule has 154 valence electrons. The van der Waals surface area contributed by atoms with E-state index in [0.29, 0.717) is 17.2 Å². The molecule has 4 heterocycles. The number of carbonyl (C=O) groups is 1. The highest BCUT2D eigenvalue weighted by Crippen LogP contribution is 2.44. The highest BCUT2D eigenvalue weighted by atomic mass is 19.1. The third-order valence-corrected chi connectivity index (χ3v) is 6.20. The smallest absolute Gasteiger partial charge is 0.256 e. The van der Waals surface area contributed by atoms with E-state index in [1.165, 1.54) is 35.4 Å². The number of nitrogens with zero attached hydrogens (tertiary/aromatic N) is 6. The van der Waals surface area contributed by atoms with Crippen LogP contribution >= 0.6 is 0 Å². The molecule has 2 aromatic heterocycles. The molecule has 2 saturated heterocycles. The predicted octanol–water partition coefficient (Wildman–Crippen LogP) is 3.05. The number of aryl methyl sites for hydroxylation is 2. The Hall–Kier alpha value is -3.16. The minimum Gasteiger partial charge on any atom is -0.332 e.